The average molecular weight is 319 g/mol. The van der Waals surface area contributed by atoms with Gasteiger partial charge in [0.1, 0.15) is 0 Å². The highest BCUT2D eigenvalue weighted by Crippen LogP contribution is 2.06. The summed E-state index contributed by atoms with van der Waals surface area (Å²) in [7, 11) is 0. The smallest absolute Gasteiger partial charge is 0.0348 e. The predicted octanol–water partition coefficient (Wildman–Crippen LogP) is 7.35. The van der Waals surface area contributed by atoms with Crippen LogP contribution in [0.5, 0.6) is 0 Å². The SMILES string of the molecule is C1=CC=CC=CC=CC=CCCCCCCC=CC=CC=CC=C1. The Morgan fingerprint density at radius 1 is 0.250 bits per heavy atom. The van der Waals surface area contributed by atoms with Gasteiger partial charge < -0.3 is 0 Å². The molecule has 0 nitrogen and oxygen atoms in total. The standard InChI is InChI=1S/C24H30/c1-2-4-6-8-10-12-14-16-18-20-22-24-23-21-19-17-15-13-11-9-7-5-3-1/h1-18H,19-24H2. The second kappa shape index (κ2) is 17.0. The second-order valence-corrected chi connectivity index (χ2v) is 5.54. The Morgan fingerprint density at radius 3 is 0.792 bits per heavy atom. The van der Waals surface area contributed by atoms with Crippen molar-refractivity contribution in [3.63, 3.8) is 0 Å². The summed E-state index contributed by atoms with van der Waals surface area (Å²) in [6.07, 6.45) is 45.0. The molecular weight excluding hydrogens is 288 g/mol. The van der Waals surface area contributed by atoms with Crippen molar-refractivity contribution >= 4 is 0 Å². The molecule has 0 N–H and O–H groups in total. The second-order valence-electron chi connectivity index (χ2n) is 5.54. The summed E-state index contributed by atoms with van der Waals surface area (Å²) in [5.41, 5.74) is 0. The van der Waals surface area contributed by atoms with Crippen LogP contribution in [0.2, 0.25) is 0 Å². The average Bonchev–Trinajstić information content (AvgIpc) is 2.59. The topological polar surface area (TPSA) is 0 Å². The van der Waals surface area contributed by atoms with Crippen molar-refractivity contribution in [1.82, 2.24) is 0 Å². The van der Waals surface area contributed by atoms with Gasteiger partial charge in [-0.2, -0.15) is 0 Å². The van der Waals surface area contributed by atoms with Crippen LogP contribution in [-0.2, 0) is 0 Å². The largest absolute Gasteiger partial charge is 0.0845 e. The minimum Gasteiger partial charge on any atom is -0.0845 e. The molecule has 0 bridgehead atoms. The third kappa shape index (κ3) is 14.6. The van der Waals surface area contributed by atoms with E-state index in [9.17, 15) is 0 Å². The van der Waals surface area contributed by atoms with E-state index in [0.717, 1.165) is 0 Å². The first-order valence-corrected chi connectivity index (χ1v) is 8.98. The van der Waals surface area contributed by atoms with E-state index in [2.05, 4.69) is 48.6 Å². The molecular formula is C24H30. The molecule has 0 atom stereocenters. The maximum Gasteiger partial charge on any atom is -0.0348 e. The van der Waals surface area contributed by atoms with Crippen LogP contribution < -0.4 is 0 Å². The Morgan fingerprint density at radius 2 is 0.500 bits per heavy atom. The fraction of sp³-hybridized carbons (Fsp3) is 0.250. The van der Waals surface area contributed by atoms with Crippen LogP contribution in [0.15, 0.2) is 109 Å². The zero-order valence-electron chi connectivity index (χ0n) is 14.6. The zero-order valence-corrected chi connectivity index (χ0v) is 14.6. The molecule has 1 aliphatic rings. The van der Waals surface area contributed by atoms with Crippen LogP contribution in [0.25, 0.3) is 0 Å². The van der Waals surface area contributed by atoms with E-state index in [-0.39, 0.29) is 0 Å². The van der Waals surface area contributed by atoms with Gasteiger partial charge in [0.15, 0.2) is 0 Å². The van der Waals surface area contributed by atoms with Gasteiger partial charge in [-0.15, -0.1) is 0 Å². The maximum absolute atomic E-state index is 2.26. The van der Waals surface area contributed by atoms with Crippen LogP contribution in [-0.4, -0.2) is 0 Å². The first-order chi connectivity index (χ1) is 12.0. The van der Waals surface area contributed by atoms with Crippen molar-refractivity contribution in [2.45, 2.75) is 38.5 Å². The van der Waals surface area contributed by atoms with Crippen LogP contribution in [0.1, 0.15) is 38.5 Å². The quantitative estimate of drug-likeness (QED) is 0.438. The van der Waals surface area contributed by atoms with Gasteiger partial charge in [-0.25, -0.2) is 0 Å². The molecule has 0 heterocycles. The van der Waals surface area contributed by atoms with Crippen molar-refractivity contribution in [2.24, 2.45) is 0 Å². The highest BCUT2D eigenvalue weighted by molar-refractivity contribution is 5.21. The lowest BCUT2D eigenvalue weighted by Crippen LogP contribution is -1.76. The van der Waals surface area contributed by atoms with Crippen LogP contribution in [0, 0.1) is 0 Å². The molecule has 0 amide bonds. The lowest BCUT2D eigenvalue weighted by atomic mass is 10.1. The van der Waals surface area contributed by atoms with Gasteiger partial charge in [0.05, 0.1) is 0 Å². The normalized spacial score (nSPS) is 18.0. The van der Waals surface area contributed by atoms with Gasteiger partial charge in [-0.05, 0) is 25.7 Å². The Kier molecular flexibility index (Phi) is 14.0. The fourth-order valence-corrected chi connectivity index (χ4v) is 2.13. The molecule has 0 aliphatic heterocycles. The summed E-state index contributed by atoms with van der Waals surface area (Å²) < 4.78 is 0. The summed E-state index contributed by atoms with van der Waals surface area (Å²) in [6.45, 7) is 0. The van der Waals surface area contributed by atoms with Crippen LogP contribution in [0.4, 0.5) is 0 Å². The molecule has 0 aromatic heterocycles. The molecule has 126 valence electrons. The molecule has 24 heavy (non-hydrogen) atoms. The molecule has 0 spiro atoms. The number of allylic oxidation sites excluding steroid dienone is 18. The van der Waals surface area contributed by atoms with E-state index in [0.29, 0.717) is 0 Å². The molecule has 0 aromatic carbocycles. The Hall–Kier alpha value is -2.34. The molecule has 0 saturated heterocycles. The highest BCUT2D eigenvalue weighted by Gasteiger charge is 1.86. The van der Waals surface area contributed by atoms with E-state index in [4.69, 9.17) is 0 Å². The molecule has 0 saturated carbocycles. The van der Waals surface area contributed by atoms with Crippen molar-refractivity contribution in [1.29, 1.82) is 0 Å². The minimum absolute atomic E-state index is 1.18. The molecule has 1 aliphatic carbocycles. The predicted molar refractivity (Wildman–Crippen MR) is 110 cm³/mol. The number of hydrogen-bond donors (Lipinski definition) is 0. The van der Waals surface area contributed by atoms with Crippen molar-refractivity contribution in [2.75, 3.05) is 0 Å². The van der Waals surface area contributed by atoms with Crippen molar-refractivity contribution < 1.29 is 0 Å². The lowest BCUT2D eigenvalue weighted by molar-refractivity contribution is 0.652. The molecule has 0 radical (unpaired) electrons. The van der Waals surface area contributed by atoms with E-state index < -0.39 is 0 Å². The van der Waals surface area contributed by atoms with Gasteiger partial charge in [-0.3, -0.25) is 0 Å². The Labute approximate surface area is 148 Å². The summed E-state index contributed by atoms with van der Waals surface area (Å²) >= 11 is 0. The van der Waals surface area contributed by atoms with Gasteiger partial charge in [0.25, 0.3) is 0 Å². The summed E-state index contributed by atoms with van der Waals surface area (Å²) in [6, 6.07) is 0. The van der Waals surface area contributed by atoms with E-state index in [1.54, 1.807) is 0 Å². The van der Waals surface area contributed by atoms with E-state index in [1.807, 2.05) is 60.8 Å². The first kappa shape index (κ1) is 19.7. The van der Waals surface area contributed by atoms with Gasteiger partial charge in [0, 0.05) is 0 Å². The maximum atomic E-state index is 2.26. The number of rotatable bonds is 0. The van der Waals surface area contributed by atoms with Gasteiger partial charge in [0.2, 0.25) is 0 Å². The third-order valence-electron chi connectivity index (χ3n) is 3.43. The molecule has 0 fully saturated rings. The molecule has 0 aromatic rings. The zero-order chi connectivity index (χ0) is 17.0. The fourth-order valence-electron chi connectivity index (χ4n) is 2.13. The van der Waals surface area contributed by atoms with E-state index >= 15 is 0 Å². The van der Waals surface area contributed by atoms with E-state index in [1.165, 1.54) is 38.5 Å². The Balaban J connectivity index is 2.48. The molecule has 1 rings (SSSR count). The third-order valence-corrected chi connectivity index (χ3v) is 3.43. The van der Waals surface area contributed by atoms with Crippen molar-refractivity contribution in [3.8, 4) is 0 Å². The van der Waals surface area contributed by atoms with Gasteiger partial charge in [-0.1, -0.05) is 122 Å². The summed E-state index contributed by atoms with van der Waals surface area (Å²) in [5, 5.41) is 0. The molecule has 0 unspecified atom stereocenters. The lowest BCUT2D eigenvalue weighted by Gasteiger charge is -1.96. The van der Waals surface area contributed by atoms with Crippen molar-refractivity contribution in [3.05, 3.63) is 109 Å². The van der Waals surface area contributed by atoms with Gasteiger partial charge >= 0.3 is 0 Å². The Bertz CT molecular complexity index is 493. The first-order valence-electron chi connectivity index (χ1n) is 8.98. The number of hydrogen-bond acceptors (Lipinski definition) is 0. The summed E-state index contributed by atoms with van der Waals surface area (Å²) in [4.78, 5) is 0. The molecule has 0 heteroatoms. The van der Waals surface area contributed by atoms with Crippen LogP contribution in [0.3, 0.4) is 0 Å². The minimum atomic E-state index is 1.18. The highest BCUT2D eigenvalue weighted by atomic mass is 13.9. The van der Waals surface area contributed by atoms with Crippen LogP contribution >= 0.6 is 0 Å². The summed E-state index contributed by atoms with van der Waals surface area (Å²) in [5.74, 6) is 0. The monoisotopic (exact) mass is 318 g/mol.